The molecule has 4 atom stereocenters. The predicted octanol–water partition coefficient (Wildman–Crippen LogP) is 5.15. The zero-order valence-corrected chi connectivity index (χ0v) is 24.7. The van der Waals surface area contributed by atoms with Gasteiger partial charge in [0.05, 0.1) is 19.2 Å². The van der Waals surface area contributed by atoms with Gasteiger partial charge in [-0.2, -0.15) is 0 Å². The molecule has 0 unspecified atom stereocenters. The maximum absolute atomic E-state index is 13.9. The lowest BCUT2D eigenvalue weighted by molar-refractivity contribution is -0.146. The van der Waals surface area contributed by atoms with Crippen LogP contribution in [0, 0.1) is 5.92 Å². The molecule has 1 N–H and O–H groups in total. The Balaban J connectivity index is 1.95. The van der Waals surface area contributed by atoms with E-state index in [9.17, 15) is 14.4 Å². The third kappa shape index (κ3) is 7.68. The van der Waals surface area contributed by atoms with Crippen molar-refractivity contribution in [3.05, 3.63) is 65.7 Å². The number of ether oxygens (including phenoxy) is 2. The summed E-state index contributed by atoms with van der Waals surface area (Å²) in [5, 5.41) is 2.88. The Labute approximate surface area is 236 Å². The van der Waals surface area contributed by atoms with Crippen LogP contribution in [0.4, 0.5) is 4.79 Å². The third-order valence-corrected chi connectivity index (χ3v) is 7.60. The number of amides is 2. The van der Waals surface area contributed by atoms with Crippen molar-refractivity contribution >= 4 is 30.0 Å². The van der Waals surface area contributed by atoms with Crippen molar-refractivity contribution in [3.63, 3.8) is 0 Å². The van der Waals surface area contributed by atoms with Crippen molar-refractivity contribution in [2.75, 3.05) is 19.9 Å². The Morgan fingerprint density at radius 1 is 1.13 bits per heavy atom. The van der Waals surface area contributed by atoms with Crippen LogP contribution in [0.25, 0.3) is 0 Å². The number of nitrogens with one attached hydrogen (secondary N) is 1. The van der Waals surface area contributed by atoms with Gasteiger partial charge in [-0.25, -0.2) is 9.59 Å². The Morgan fingerprint density at radius 2 is 1.82 bits per heavy atom. The van der Waals surface area contributed by atoms with Crippen LogP contribution in [0.5, 0.6) is 5.75 Å². The van der Waals surface area contributed by atoms with E-state index in [0.29, 0.717) is 13.0 Å². The molecule has 1 heterocycles. The molecule has 9 heteroatoms. The largest absolute Gasteiger partial charge is 0.467 e. The zero-order chi connectivity index (χ0) is 28.8. The van der Waals surface area contributed by atoms with Gasteiger partial charge in [0.15, 0.2) is 0 Å². The van der Waals surface area contributed by atoms with Crippen molar-refractivity contribution < 1.29 is 28.0 Å². The second-order valence-corrected chi connectivity index (χ2v) is 11.7. The number of likely N-dealkylation sites (tertiary alicyclic amines) is 1. The molecule has 1 aliphatic heterocycles. The number of nitrogens with zero attached hydrogens (tertiary/aromatic N) is 1. The number of benzene rings is 2. The normalized spacial score (nSPS) is 22.0. The molecule has 3 rings (SSSR count). The summed E-state index contributed by atoms with van der Waals surface area (Å²) in [6, 6.07) is 15.5. The molecule has 0 aliphatic carbocycles. The molecule has 0 saturated carbocycles. The van der Waals surface area contributed by atoms with Gasteiger partial charge < -0.3 is 19.0 Å². The third-order valence-electron chi connectivity index (χ3n) is 7.24. The molecule has 2 aromatic rings. The Hall–Kier alpha value is -3.20. The Morgan fingerprint density at radius 3 is 2.44 bits per heavy atom. The van der Waals surface area contributed by atoms with E-state index < -0.39 is 41.1 Å². The van der Waals surface area contributed by atoms with Gasteiger partial charge in [-0.1, -0.05) is 56.3 Å². The quantitative estimate of drug-likeness (QED) is 0.355. The Kier molecular flexibility index (Phi) is 9.93. The van der Waals surface area contributed by atoms with Crippen molar-refractivity contribution in [3.8, 4) is 5.75 Å². The fraction of sp³-hybridized carbons (Fsp3) is 0.500. The minimum absolute atomic E-state index is 0.000629. The molecule has 1 aliphatic rings. The molecule has 0 aromatic heterocycles. The fourth-order valence-corrected chi connectivity index (χ4v) is 5.24. The first kappa shape index (κ1) is 30.3. The molecule has 2 aromatic carbocycles. The molecule has 1 saturated heterocycles. The number of hydrogen-bond donors (Lipinski definition) is 1. The van der Waals surface area contributed by atoms with Crippen LogP contribution in [0.2, 0.25) is 0 Å². The molecule has 2 amide bonds. The van der Waals surface area contributed by atoms with Crippen molar-refractivity contribution in [2.45, 2.75) is 70.6 Å². The maximum Gasteiger partial charge on any atom is 0.410 e. The average molecular weight is 557 g/mol. The van der Waals surface area contributed by atoms with E-state index in [1.807, 2.05) is 60.9 Å². The fourth-order valence-electron chi connectivity index (χ4n) is 4.95. The van der Waals surface area contributed by atoms with Gasteiger partial charge >= 0.3 is 12.1 Å². The first-order chi connectivity index (χ1) is 18.4. The van der Waals surface area contributed by atoms with Gasteiger partial charge in [0.25, 0.3) is 0 Å². The number of hydrogen-bond acceptors (Lipinski definition) is 7. The topological polar surface area (TPSA) is 94.2 Å². The number of piperidine rings is 1. The summed E-state index contributed by atoms with van der Waals surface area (Å²) in [7, 11) is 1.29. The predicted molar refractivity (Wildman–Crippen MR) is 153 cm³/mol. The maximum atomic E-state index is 13.9. The summed E-state index contributed by atoms with van der Waals surface area (Å²) in [5.41, 5.74) is 0.702. The van der Waals surface area contributed by atoms with Crippen molar-refractivity contribution in [1.82, 2.24) is 10.2 Å². The molecule has 0 radical (unpaired) electrons. The number of methoxy groups -OCH3 is 1. The van der Waals surface area contributed by atoms with Gasteiger partial charge in [-0.05, 0) is 61.8 Å². The van der Waals surface area contributed by atoms with Gasteiger partial charge in [0.1, 0.15) is 23.4 Å². The lowest BCUT2D eigenvalue weighted by atomic mass is 9.65. The minimum Gasteiger partial charge on any atom is -0.467 e. The van der Waals surface area contributed by atoms with Crippen molar-refractivity contribution in [2.24, 2.45) is 5.92 Å². The molecule has 212 valence electrons. The number of esters is 1. The van der Waals surface area contributed by atoms with Gasteiger partial charge in [-0.3, -0.25) is 9.69 Å². The molecule has 0 spiro atoms. The Bertz CT molecular complexity index is 1150. The van der Waals surface area contributed by atoms with E-state index in [2.05, 4.69) is 19.2 Å². The van der Waals surface area contributed by atoms with Crippen LogP contribution >= 0.6 is 12.0 Å². The summed E-state index contributed by atoms with van der Waals surface area (Å²) < 4.78 is 16.3. The van der Waals surface area contributed by atoms with E-state index in [-0.39, 0.29) is 12.3 Å². The van der Waals surface area contributed by atoms with E-state index in [1.54, 1.807) is 20.8 Å². The first-order valence-corrected chi connectivity index (χ1v) is 14.3. The summed E-state index contributed by atoms with van der Waals surface area (Å²) >= 11 is 1.26. The second kappa shape index (κ2) is 12.8. The van der Waals surface area contributed by atoms with Gasteiger partial charge in [-0.15, -0.1) is 0 Å². The zero-order valence-electron chi connectivity index (χ0n) is 23.9. The van der Waals surface area contributed by atoms with E-state index in [0.717, 1.165) is 16.9 Å². The standard InChI is InChI=1S/C30H40N2O6S/c1-20-19-32(28(35)37-29(2,3)4)25(18-30(20,5)22-14-11-15-23(17-22)38-39-7)26(33)31-24(27(34)36-6)16-21-12-9-8-10-13-21/h8-15,17,20,24-25H,16,18-19H2,1-7H3,(H,31,33)/t20-,24+,25+,30+/m0/s1. The number of rotatable bonds is 8. The molecule has 0 bridgehead atoms. The molecule has 1 fully saturated rings. The molecule has 39 heavy (non-hydrogen) atoms. The van der Waals surface area contributed by atoms with E-state index >= 15 is 0 Å². The number of carbonyl (C=O) groups excluding carboxylic acids is 3. The van der Waals surface area contributed by atoms with E-state index in [4.69, 9.17) is 13.7 Å². The summed E-state index contributed by atoms with van der Waals surface area (Å²) in [4.78, 5) is 41.4. The van der Waals surface area contributed by atoms with Crippen LogP contribution in [0.1, 0.15) is 52.2 Å². The highest BCUT2D eigenvalue weighted by atomic mass is 32.2. The van der Waals surface area contributed by atoms with Crippen LogP contribution in [-0.4, -0.2) is 60.5 Å². The highest BCUT2D eigenvalue weighted by Gasteiger charge is 2.48. The monoisotopic (exact) mass is 556 g/mol. The average Bonchev–Trinajstić information content (AvgIpc) is 2.89. The highest BCUT2D eigenvalue weighted by molar-refractivity contribution is 7.94. The van der Waals surface area contributed by atoms with Crippen molar-refractivity contribution in [1.29, 1.82) is 0 Å². The van der Waals surface area contributed by atoms with Gasteiger partial charge in [0, 0.05) is 19.2 Å². The summed E-state index contributed by atoms with van der Waals surface area (Å²) in [6.45, 7) is 9.86. The SMILES string of the molecule is COC(=O)[C@@H](Cc1ccccc1)NC(=O)[C@H]1C[C@@](C)(c2cccc(OSC)c2)[C@@H](C)CN1C(=O)OC(C)(C)C. The molecule has 8 nitrogen and oxygen atoms in total. The summed E-state index contributed by atoms with van der Waals surface area (Å²) in [5.74, 6) is -0.261. The van der Waals surface area contributed by atoms with Crippen LogP contribution < -0.4 is 9.50 Å². The minimum atomic E-state index is -0.908. The molecular weight excluding hydrogens is 516 g/mol. The lowest BCUT2D eigenvalue weighted by Gasteiger charge is -2.48. The molecular formula is C30H40N2O6S. The van der Waals surface area contributed by atoms with E-state index in [1.165, 1.54) is 24.1 Å². The highest BCUT2D eigenvalue weighted by Crippen LogP contribution is 2.43. The second-order valence-electron chi connectivity index (χ2n) is 11.2. The first-order valence-electron chi connectivity index (χ1n) is 13.1. The number of carbonyl (C=O) groups is 3. The lowest BCUT2D eigenvalue weighted by Crippen LogP contribution is -2.61. The summed E-state index contributed by atoms with van der Waals surface area (Å²) in [6.07, 6.45) is 1.89. The van der Waals surface area contributed by atoms with Crippen LogP contribution in [-0.2, 0) is 30.9 Å². The van der Waals surface area contributed by atoms with Crippen LogP contribution in [0.3, 0.4) is 0 Å². The van der Waals surface area contributed by atoms with Crippen LogP contribution in [0.15, 0.2) is 54.6 Å². The van der Waals surface area contributed by atoms with Gasteiger partial charge in [0.2, 0.25) is 5.91 Å². The smallest absolute Gasteiger partial charge is 0.410 e.